The van der Waals surface area contributed by atoms with Crippen LogP contribution in [0.2, 0.25) is 0 Å². The summed E-state index contributed by atoms with van der Waals surface area (Å²) in [5.41, 5.74) is 5.45. The number of hydrogen-bond donors (Lipinski definition) is 2. The summed E-state index contributed by atoms with van der Waals surface area (Å²) in [6.45, 7) is 2.78. The van der Waals surface area contributed by atoms with Crippen molar-refractivity contribution in [2.75, 3.05) is 6.54 Å². The predicted molar refractivity (Wildman–Crippen MR) is 109 cm³/mol. The zero-order chi connectivity index (χ0) is 21.1. The van der Waals surface area contributed by atoms with Crippen LogP contribution in [-0.2, 0) is 20.9 Å². The molecule has 2 heterocycles. The maximum atomic E-state index is 13.9. The normalized spacial score (nSPS) is 39.0. The van der Waals surface area contributed by atoms with Crippen LogP contribution >= 0.6 is 0 Å². The predicted octanol–water partition coefficient (Wildman–Crippen LogP) is 1.62. The molecule has 5 aliphatic rings. The number of nitrogens with two attached hydrogens (primary N) is 1. The molecular weight excluding hydrogens is 380 g/mol. The molecule has 30 heavy (non-hydrogen) atoms. The molecule has 3 unspecified atom stereocenters. The Kier molecular flexibility index (Phi) is 4.42. The highest BCUT2D eigenvalue weighted by atomic mass is 16.2. The summed E-state index contributed by atoms with van der Waals surface area (Å²) in [5, 5.41) is 2.84. The fraction of sp³-hybridized carbons (Fsp3) is 0.652. The van der Waals surface area contributed by atoms with E-state index in [1.54, 1.807) is 19.3 Å². The Morgan fingerprint density at radius 1 is 1.20 bits per heavy atom. The van der Waals surface area contributed by atoms with Crippen LogP contribution in [0.3, 0.4) is 0 Å². The molecule has 1 aromatic rings. The summed E-state index contributed by atoms with van der Waals surface area (Å²) in [5.74, 6) is 0.624. The quantitative estimate of drug-likeness (QED) is 0.720. The van der Waals surface area contributed by atoms with Gasteiger partial charge in [-0.3, -0.25) is 19.4 Å². The van der Waals surface area contributed by atoms with E-state index < -0.39 is 10.8 Å². The summed E-state index contributed by atoms with van der Waals surface area (Å²) in [6, 6.07) is 3.91. The standard InChI is InChI=1S/C23H30N4O3/c1-22(4-7-26-20(22)29)21(30)27(13-14-2-5-25-6-3-14)18-16-8-15-9-17(18)12-23(10-15,11-16)19(24)28/h2-3,5-6,15-18H,4,7-13H2,1H3,(H2,24,28)(H,26,29). The van der Waals surface area contributed by atoms with E-state index in [9.17, 15) is 14.4 Å². The minimum absolute atomic E-state index is 0.0555. The Morgan fingerprint density at radius 3 is 2.43 bits per heavy atom. The average molecular weight is 411 g/mol. The van der Waals surface area contributed by atoms with Gasteiger partial charge in [-0.15, -0.1) is 0 Å². The highest BCUT2D eigenvalue weighted by Crippen LogP contribution is 2.61. The van der Waals surface area contributed by atoms with Gasteiger partial charge in [-0.1, -0.05) is 0 Å². The smallest absolute Gasteiger partial charge is 0.238 e. The minimum Gasteiger partial charge on any atom is -0.369 e. The van der Waals surface area contributed by atoms with Crippen molar-refractivity contribution in [3.05, 3.63) is 30.1 Å². The first-order valence-corrected chi connectivity index (χ1v) is 11.1. The van der Waals surface area contributed by atoms with E-state index in [0.29, 0.717) is 25.4 Å². The molecule has 4 saturated carbocycles. The van der Waals surface area contributed by atoms with E-state index in [0.717, 1.165) is 37.7 Å². The molecule has 6 rings (SSSR count). The second-order valence-corrected chi connectivity index (χ2v) is 10.2. The summed E-state index contributed by atoms with van der Waals surface area (Å²) in [6.07, 6.45) is 8.51. The Bertz CT molecular complexity index is 872. The van der Waals surface area contributed by atoms with Crippen LogP contribution in [0.15, 0.2) is 24.5 Å². The van der Waals surface area contributed by atoms with Gasteiger partial charge >= 0.3 is 0 Å². The largest absolute Gasteiger partial charge is 0.369 e. The summed E-state index contributed by atoms with van der Waals surface area (Å²) >= 11 is 0. The first-order chi connectivity index (χ1) is 14.3. The molecule has 7 heteroatoms. The molecule has 7 nitrogen and oxygen atoms in total. The third kappa shape index (κ3) is 2.85. The van der Waals surface area contributed by atoms with E-state index >= 15 is 0 Å². The second kappa shape index (κ2) is 6.79. The topological polar surface area (TPSA) is 105 Å². The van der Waals surface area contributed by atoms with Crippen LogP contribution in [0.4, 0.5) is 0 Å². The van der Waals surface area contributed by atoms with Gasteiger partial charge in [0, 0.05) is 36.9 Å². The molecular formula is C23H30N4O3. The van der Waals surface area contributed by atoms with Gasteiger partial charge in [-0.05, 0) is 80.9 Å². The number of primary amides is 1. The number of hydrogen-bond acceptors (Lipinski definition) is 4. The third-order valence-corrected chi connectivity index (χ3v) is 8.35. The molecule has 1 saturated heterocycles. The van der Waals surface area contributed by atoms with Crippen molar-refractivity contribution >= 4 is 17.7 Å². The van der Waals surface area contributed by atoms with Crippen molar-refractivity contribution in [3.8, 4) is 0 Å². The lowest BCUT2D eigenvalue weighted by Crippen LogP contribution is -2.64. The van der Waals surface area contributed by atoms with E-state index in [4.69, 9.17) is 5.73 Å². The fourth-order valence-corrected chi connectivity index (χ4v) is 7.06. The first-order valence-electron chi connectivity index (χ1n) is 11.1. The molecule has 4 bridgehead atoms. The number of amides is 3. The molecule has 3 atom stereocenters. The van der Waals surface area contributed by atoms with Gasteiger partial charge in [0.2, 0.25) is 17.7 Å². The van der Waals surface area contributed by atoms with Crippen LogP contribution < -0.4 is 11.1 Å². The number of pyridine rings is 1. The second-order valence-electron chi connectivity index (χ2n) is 10.2. The van der Waals surface area contributed by atoms with Crippen molar-refractivity contribution in [2.45, 2.75) is 58.0 Å². The van der Waals surface area contributed by atoms with Crippen LogP contribution in [0.25, 0.3) is 0 Å². The minimum atomic E-state index is -1.02. The number of nitrogens with zero attached hydrogens (tertiary/aromatic N) is 2. The number of carbonyl (C=O) groups excluding carboxylic acids is 3. The Balaban J connectivity index is 1.50. The lowest BCUT2D eigenvalue weighted by atomic mass is 9.47. The van der Waals surface area contributed by atoms with Crippen LogP contribution in [0, 0.1) is 28.6 Å². The van der Waals surface area contributed by atoms with Crippen LogP contribution in [-0.4, -0.2) is 40.2 Å². The lowest BCUT2D eigenvalue weighted by molar-refractivity contribution is -0.167. The summed E-state index contributed by atoms with van der Waals surface area (Å²) < 4.78 is 0. The van der Waals surface area contributed by atoms with E-state index in [1.165, 1.54) is 0 Å². The third-order valence-electron chi connectivity index (χ3n) is 8.35. The van der Waals surface area contributed by atoms with E-state index in [-0.39, 0.29) is 35.6 Å². The molecule has 3 amide bonds. The van der Waals surface area contributed by atoms with Gasteiger partial charge in [0.05, 0.1) is 0 Å². The van der Waals surface area contributed by atoms with Crippen molar-refractivity contribution in [1.29, 1.82) is 0 Å². The molecule has 3 N–H and O–H groups in total. The molecule has 0 spiro atoms. The summed E-state index contributed by atoms with van der Waals surface area (Å²) in [7, 11) is 0. The van der Waals surface area contributed by atoms with E-state index in [2.05, 4.69) is 10.3 Å². The number of nitrogens with one attached hydrogen (secondary N) is 1. The van der Waals surface area contributed by atoms with Gasteiger partial charge < -0.3 is 16.0 Å². The number of carbonyl (C=O) groups is 3. The monoisotopic (exact) mass is 410 g/mol. The average Bonchev–Trinajstić information content (AvgIpc) is 3.06. The molecule has 5 fully saturated rings. The maximum absolute atomic E-state index is 13.9. The molecule has 1 aliphatic heterocycles. The molecule has 160 valence electrons. The lowest BCUT2D eigenvalue weighted by Gasteiger charge is -2.61. The molecule has 4 aliphatic carbocycles. The van der Waals surface area contributed by atoms with Gasteiger partial charge in [-0.2, -0.15) is 0 Å². The zero-order valence-corrected chi connectivity index (χ0v) is 17.5. The molecule has 0 aromatic carbocycles. The Morgan fingerprint density at radius 2 is 1.87 bits per heavy atom. The van der Waals surface area contributed by atoms with Gasteiger partial charge in [0.15, 0.2) is 0 Å². The van der Waals surface area contributed by atoms with Crippen molar-refractivity contribution < 1.29 is 14.4 Å². The highest BCUT2D eigenvalue weighted by Gasteiger charge is 2.60. The van der Waals surface area contributed by atoms with Crippen molar-refractivity contribution in [1.82, 2.24) is 15.2 Å². The van der Waals surface area contributed by atoms with Gasteiger partial charge in [-0.25, -0.2) is 0 Å². The van der Waals surface area contributed by atoms with Crippen molar-refractivity contribution in [3.63, 3.8) is 0 Å². The number of rotatable bonds is 5. The zero-order valence-electron chi connectivity index (χ0n) is 17.5. The number of aromatic nitrogens is 1. The van der Waals surface area contributed by atoms with Crippen LogP contribution in [0.1, 0.15) is 51.0 Å². The highest BCUT2D eigenvalue weighted by molar-refractivity contribution is 6.06. The van der Waals surface area contributed by atoms with Crippen molar-refractivity contribution in [2.24, 2.45) is 34.3 Å². The Labute approximate surface area is 176 Å². The SMILES string of the molecule is CC1(C(=O)N(Cc2ccncc2)C2C3CC4CC2CC(C(N)=O)(C4)C3)CCNC1=O. The maximum Gasteiger partial charge on any atom is 0.238 e. The van der Waals surface area contributed by atoms with Gasteiger partial charge in [0.1, 0.15) is 5.41 Å². The molecule has 1 aromatic heterocycles. The van der Waals surface area contributed by atoms with E-state index in [1.807, 2.05) is 17.0 Å². The molecule has 0 radical (unpaired) electrons. The first kappa shape index (κ1) is 19.5. The summed E-state index contributed by atoms with van der Waals surface area (Å²) in [4.78, 5) is 44.9. The van der Waals surface area contributed by atoms with Gasteiger partial charge in [0.25, 0.3) is 0 Å². The fourth-order valence-electron chi connectivity index (χ4n) is 7.06. The Hall–Kier alpha value is -2.44. The van der Waals surface area contributed by atoms with Crippen LogP contribution in [0.5, 0.6) is 0 Å².